The van der Waals surface area contributed by atoms with Gasteiger partial charge in [-0.1, -0.05) is 0 Å². The molecule has 1 rings (SSSR count). The van der Waals surface area contributed by atoms with Crippen molar-refractivity contribution >= 4 is 11.5 Å². The molecule has 0 atom stereocenters. The highest BCUT2D eigenvalue weighted by Crippen LogP contribution is 2.25. The van der Waals surface area contributed by atoms with Gasteiger partial charge in [0.05, 0.1) is 20.3 Å². The fourth-order valence-corrected chi connectivity index (χ4v) is 0.882. The number of nitrogens with zero attached hydrogens (tertiary/aromatic N) is 2. The Balaban J connectivity index is 2.98. The lowest BCUT2D eigenvalue weighted by molar-refractivity contribution is 0.268. The van der Waals surface area contributed by atoms with Crippen LogP contribution in [0.4, 0.5) is 11.5 Å². The van der Waals surface area contributed by atoms with Gasteiger partial charge >= 0.3 is 0 Å². The van der Waals surface area contributed by atoms with Crippen LogP contribution in [-0.2, 0) is 6.54 Å². The van der Waals surface area contributed by atoms with E-state index >= 15 is 0 Å². The van der Waals surface area contributed by atoms with Crippen LogP contribution in [0.1, 0.15) is 0 Å². The molecule has 0 spiro atoms. The van der Waals surface area contributed by atoms with Gasteiger partial charge in [0.25, 0.3) is 5.88 Å². The topological polar surface area (TPSA) is 99.3 Å². The molecule has 0 amide bonds. The quantitative estimate of drug-likeness (QED) is 0.545. The van der Waals surface area contributed by atoms with Crippen molar-refractivity contribution in [1.29, 1.82) is 0 Å². The Morgan fingerprint density at radius 2 is 2.25 bits per heavy atom. The molecule has 0 radical (unpaired) electrons. The van der Waals surface area contributed by atoms with E-state index in [0.29, 0.717) is 23.9 Å². The zero-order valence-electron chi connectivity index (χ0n) is 6.82. The lowest BCUT2D eigenvalue weighted by Crippen LogP contribution is -2.08. The molecular weight excluding hydrogens is 160 g/mol. The third kappa shape index (κ3) is 1.28. The van der Waals surface area contributed by atoms with E-state index in [4.69, 9.17) is 21.3 Å². The Kier molecular flexibility index (Phi) is 2.39. The fraction of sp³-hybridized carbons (Fsp3) is 0.500. The maximum absolute atomic E-state index is 8.62. The minimum atomic E-state index is -0.0333. The van der Waals surface area contributed by atoms with Gasteiger partial charge < -0.3 is 21.3 Å². The number of aliphatic hydroxyl groups is 1. The van der Waals surface area contributed by atoms with Crippen LogP contribution in [0.3, 0.4) is 0 Å². The highest BCUT2D eigenvalue weighted by atomic mass is 16.5. The van der Waals surface area contributed by atoms with E-state index in [1.54, 1.807) is 0 Å². The molecule has 1 aromatic rings. The van der Waals surface area contributed by atoms with Crippen molar-refractivity contribution < 1.29 is 9.84 Å². The normalized spacial score (nSPS) is 10.2. The second kappa shape index (κ2) is 3.31. The van der Waals surface area contributed by atoms with E-state index in [-0.39, 0.29) is 6.61 Å². The van der Waals surface area contributed by atoms with Crippen molar-refractivity contribution in [3.05, 3.63) is 0 Å². The number of anilines is 2. The summed E-state index contributed by atoms with van der Waals surface area (Å²) in [7, 11) is 1.46. The van der Waals surface area contributed by atoms with Crippen LogP contribution in [0.2, 0.25) is 0 Å². The van der Waals surface area contributed by atoms with Gasteiger partial charge in [0.1, 0.15) is 11.5 Å². The van der Waals surface area contributed by atoms with Crippen LogP contribution in [-0.4, -0.2) is 28.6 Å². The number of rotatable bonds is 3. The largest absolute Gasteiger partial charge is 0.478 e. The van der Waals surface area contributed by atoms with Crippen molar-refractivity contribution in [1.82, 2.24) is 9.78 Å². The first kappa shape index (κ1) is 8.66. The standard InChI is InChI=1S/C6H12N4O2/c1-12-6-4(7)5(8)10(9-6)2-3-11/h11H,2-3,7-8H2,1H3. The Morgan fingerprint density at radius 3 is 2.67 bits per heavy atom. The molecule has 0 saturated heterocycles. The van der Waals surface area contributed by atoms with Crippen molar-refractivity contribution in [3.8, 4) is 5.88 Å². The molecular formula is C6H12N4O2. The first-order valence-electron chi connectivity index (χ1n) is 3.47. The number of hydrogen-bond acceptors (Lipinski definition) is 5. The average Bonchev–Trinajstić information content (AvgIpc) is 2.33. The molecule has 0 fully saturated rings. The maximum Gasteiger partial charge on any atom is 0.258 e. The molecule has 6 nitrogen and oxygen atoms in total. The van der Waals surface area contributed by atoms with Crippen molar-refractivity contribution in [2.75, 3.05) is 25.2 Å². The lowest BCUT2D eigenvalue weighted by atomic mass is 10.5. The number of hydrogen-bond donors (Lipinski definition) is 3. The molecule has 0 saturated carbocycles. The van der Waals surface area contributed by atoms with Gasteiger partial charge in [0.15, 0.2) is 0 Å². The number of nitrogens with two attached hydrogens (primary N) is 2. The van der Waals surface area contributed by atoms with Gasteiger partial charge in [-0.25, -0.2) is 4.68 Å². The molecule has 68 valence electrons. The van der Waals surface area contributed by atoms with E-state index in [9.17, 15) is 0 Å². The maximum atomic E-state index is 8.62. The third-order valence-corrected chi connectivity index (χ3v) is 1.50. The molecule has 1 aromatic heterocycles. The number of aliphatic hydroxyl groups excluding tert-OH is 1. The van der Waals surface area contributed by atoms with E-state index < -0.39 is 0 Å². The molecule has 12 heavy (non-hydrogen) atoms. The monoisotopic (exact) mass is 172 g/mol. The Hall–Kier alpha value is -1.43. The predicted octanol–water partition coefficient (Wildman–Crippen LogP) is -0.952. The van der Waals surface area contributed by atoms with E-state index in [0.717, 1.165) is 0 Å². The van der Waals surface area contributed by atoms with Crippen molar-refractivity contribution in [3.63, 3.8) is 0 Å². The summed E-state index contributed by atoms with van der Waals surface area (Å²) in [6, 6.07) is 0. The van der Waals surface area contributed by atoms with Crippen LogP contribution in [0.5, 0.6) is 5.88 Å². The Bertz CT molecular complexity index is 271. The highest BCUT2D eigenvalue weighted by Gasteiger charge is 2.11. The molecule has 0 aliphatic rings. The third-order valence-electron chi connectivity index (χ3n) is 1.50. The van der Waals surface area contributed by atoms with Crippen LogP contribution < -0.4 is 16.2 Å². The van der Waals surface area contributed by atoms with E-state index in [1.165, 1.54) is 11.8 Å². The first-order valence-corrected chi connectivity index (χ1v) is 3.47. The summed E-state index contributed by atoms with van der Waals surface area (Å²) in [6.07, 6.45) is 0. The summed E-state index contributed by atoms with van der Waals surface area (Å²) < 4.78 is 6.23. The summed E-state index contributed by atoms with van der Waals surface area (Å²) in [5.74, 6) is 0.613. The van der Waals surface area contributed by atoms with Gasteiger partial charge in [-0.3, -0.25) is 0 Å². The molecule has 0 aromatic carbocycles. The number of nitrogen functional groups attached to an aromatic ring is 2. The SMILES string of the molecule is COc1nn(CCO)c(N)c1N. The van der Waals surface area contributed by atoms with Gasteiger partial charge in [0, 0.05) is 0 Å². The predicted molar refractivity (Wildman–Crippen MR) is 44.7 cm³/mol. The van der Waals surface area contributed by atoms with Gasteiger partial charge in [-0.2, -0.15) is 0 Å². The zero-order valence-corrected chi connectivity index (χ0v) is 6.82. The molecule has 0 bridgehead atoms. The summed E-state index contributed by atoms with van der Waals surface area (Å²) >= 11 is 0. The fourth-order valence-electron chi connectivity index (χ4n) is 0.882. The van der Waals surface area contributed by atoms with Crippen LogP contribution in [0.15, 0.2) is 0 Å². The van der Waals surface area contributed by atoms with Crippen LogP contribution in [0.25, 0.3) is 0 Å². The Morgan fingerprint density at radius 1 is 1.58 bits per heavy atom. The number of methoxy groups -OCH3 is 1. The summed E-state index contributed by atoms with van der Waals surface area (Å²) in [5.41, 5.74) is 11.4. The number of ether oxygens (including phenoxy) is 1. The van der Waals surface area contributed by atoms with Crippen molar-refractivity contribution in [2.24, 2.45) is 0 Å². The summed E-state index contributed by atoms with van der Waals surface area (Å²) in [5, 5.41) is 12.5. The van der Waals surface area contributed by atoms with Crippen LogP contribution in [0, 0.1) is 0 Å². The van der Waals surface area contributed by atoms with E-state index in [1.807, 2.05) is 0 Å². The van der Waals surface area contributed by atoms with E-state index in [2.05, 4.69) is 5.10 Å². The van der Waals surface area contributed by atoms with Gasteiger partial charge in [-0.15, -0.1) is 5.10 Å². The Labute approximate surface area is 69.7 Å². The second-order valence-electron chi connectivity index (χ2n) is 2.25. The zero-order chi connectivity index (χ0) is 9.14. The van der Waals surface area contributed by atoms with Gasteiger partial charge in [-0.05, 0) is 0 Å². The lowest BCUT2D eigenvalue weighted by Gasteiger charge is -1.98. The minimum absolute atomic E-state index is 0.0333. The smallest absolute Gasteiger partial charge is 0.258 e. The average molecular weight is 172 g/mol. The molecule has 5 N–H and O–H groups in total. The summed E-state index contributed by atoms with van der Waals surface area (Å²) in [6.45, 7) is 0.286. The number of aromatic nitrogens is 2. The highest BCUT2D eigenvalue weighted by molar-refractivity contribution is 5.65. The van der Waals surface area contributed by atoms with Crippen LogP contribution >= 0.6 is 0 Å². The first-order chi connectivity index (χ1) is 5.70. The van der Waals surface area contributed by atoms with Gasteiger partial charge in [0.2, 0.25) is 0 Å². The molecule has 6 heteroatoms. The molecule has 0 unspecified atom stereocenters. The molecule has 0 aliphatic heterocycles. The molecule has 1 heterocycles. The molecule has 0 aliphatic carbocycles. The summed E-state index contributed by atoms with van der Waals surface area (Å²) in [4.78, 5) is 0. The second-order valence-corrected chi connectivity index (χ2v) is 2.25. The minimum Gasteiger partial charge on any atom is -0.478 e. The van der Waals surface area contributed by atoms with Crippen molar-refractivity contribution in [2.45, 2.75) is 6.54 Å².